The van der Waals surface area contributed by atoms with Gasteiger partial charge >= 0.3 is 5.97 Å². The number of benzene rings is 2. The number of fused-ring (bicyclic) bond motifs is 1. The van der Waals surface area contributed by atoms with Crippen molar-refractivity contribution >= 4 is 73.7 Å². The van der Waals surface area contributed by atoms with Gasteiger partial charge < -0.3 is 19.1 Å². The highest BCUT2D eigenvalue weighted by Crippen LogP contribution is 2.34. The van der Waals surface area contributed by atoms with E-state index in [9.17, 15) is 19.5 Å². The average molecular weight is 688 g/mol. The molecule has 0 fully saturated rings. The van der Waals surface area contributed by atoms with Crippen LogP contribution in [0.5, 0.6) is 11.5 Å². The zero-order valence-corrected chi connectivity index (χ0v) is 23.4. The van der Waals surface area contributed by atoms with E-state index in [4.69, 9.17) is 9.15 Å². The fourth-order valence-corrected chi connectivity index (χ4v) is 5.39. The first-order valence-corrected chi connectivity index (χ1v) is 13.3. The van der Waals surface area contributed by atoms with E-state index >= 15 is 0 Å². The molecular weight excluding hydrogens is 662 g/mol. The van der Waals surface area contributed by atoms with Crippen LogP contribution in [0.15, 0.2) is 34.7 Å². The van der Waals surface area contributed by atoms with Crippen LogP contribution in [0.4, 0.5) is 0 Å². The van der Waals surface area contributed by atoms with Crippen LogP contribution in [-0.4, -0.2) is 22.6 Å². The molecule has 8 heteroatoms. The molecule has 6 nitrogen and oxygen atoms in total. The van der Waals surface area contributed by atoms with Crippen molar-refractivity contribution in [2.75, 3.05) is 0 Å². The molecule has 1 N–H and O–H groups in total. The second-order valence-electron chi connectivity index (χ2n) is 8.16. The Morgan fingerprint density at radius 3 is 2.35 bits per heavy atom. The number of ether oxygens (including phenoxy) is 1. The van der Waals surface area contributed by atoms with Crippen molar-refractivity contribution in [2.45, 2.75) is 58.8 Å². The van der Waals surface area contributed by atoms with Crippen molar-refractivity contribution < 1.29 is 28.6 Å². The molecule has 0 amide bonds. The van der Waals surface area contributed by atoms with E-state index in [0.717, 1.165) is 12.8 Å². The summed E-state index contributed by atoms with van der Waals surface area (Å²) in [7, 11) is 0. The number of carbonyl (C=O) groups excluding carboxylic acids is 3. The van der Waals surface area contributed by atoms with Gasteiger partial charge in [0, 0.05) is 36.3 Å². The van der Waals surface area contributed by atoms with Gasteiger partial charge in [-0.25, -0.2) is 0 Å². The van der Waals surface area contributed by atoms with Gasteiger partial charge in [0.1, 0.15) is 28.6 Å². The molecule has 3 rings (SSSR count). The van der Waals surface area contributed by atoms with Crippen molar-refractivity contribution in [3.05, 3.63) is 54.4 Å². The second-order valence-corrected chi connectivity index (χ2v) is 10.5. The Balaban J connectivity index is 1.98. The molecule has 2 aromatic carbocycles. The predicted molar refractivity (Wildman–Crippen MR) is 147 cm³/mol. The number of rotatable bonds is 11. The smallest absolute Gasteiger partial charge is 0.311 e. The molecule has 1 aromatic heterocycles. The highest BCUT2D eigenvalue weighted by Gasteiger charge is 2.24. The lowest BCUT2D eigenvalue weighted by atomic mass is 9.98. The standard InChI is InChI=1S/C26H26I2O6/c1-3-4-9-23(30)33-17-10-11-18-22(14-17)34-21(8-6-5-7-15(2)29)24(18)25(31)16-12-19(27)26(32)20(28)13-16/h10-14,32H,3-9H2,1-2H3. The topological polar surface area (TPSA) is 93.8 Å². The second kappa shape index (κ2) is 12.1. The Labute approximate surface area is 225 Å². The lowest BCUT2D eigenvalue weighted by Gasteiger charge is -2.07. The maximum absolute atomic E-state index is 13.6. The largest absolute Gasteiger partial charge is 0.506 e. The minimum Gasteiger partial charge on any atom is -0.506 e. The van der Waals surface area contributed by atoms with E-state index < -0.39 is 0 Å². The molecule has 0 bridgehead atoms. The third-order valence-electron chi connectivity index (χ3n) is 5.39. The maximum atomic E-state index is 13.6. The minimum atomic E-state index is -0.304. The van der Waals surface area contributed by atoms with Crippen LogP contribution in [0.1, 0.15) is 74.1 Å². The van der Waals surface area contributed by atoms with Gasteiger partial charge in [0.15, 0.2) is 5.78 Å². The molecule has 1 heterocycles. The monoisotopic (exact) mass is 688 g/mol. The van der Waals surface area contributed by atoms with Gasteiger partial charge in [-0.1, -0.05) is 13.3 Å². The van der Waals surface area contributed by atoms with E-state index in [1.165, 1.54) is 0 Å². The molecule has 0 aliphatic carbocycles. The summed E-state index contributed by atoms with van der Waals surface area (Å²) in [5.74, 6) is 0.678. The van der Waals surface area contributed by atoms with E-state index in [1.54, 1.807) is 37.3 Å². The van der Waals surface area contributed by atoms with Crippen molar-refractivity contribution in [3.63, 3.8) is 0 Å². The summed E-state index contributed by atoms with van der Waals surface area (Å²) in [5, 5.41) is 10.7. The Bertz CT molecular complexity index is 1200. The lowest BCUT2D eigenvalue weighted by Crippen LogP contribution is -2.07. The molecule has 0 spiro atoms. The van der Waals surface area contributed by atoms with Crippen LogP contribution in [-0.2, 0) is 16.0 Å². The molecule has 0 aliphatic rings. The van der Waals surface area contributed by atoms with Gasteiger partial charge in [-0.2, -0.15) is 0 Å². The van der Waals surface area contributed by atoms with E-state index in [2.05, 4.69) is 0 Å². The van der Waals surface area contributed by atoms with Gasteiger partial charge in [0.05, 0.1) is 12.7 Å². The summed E-state index contributed by atoms with van der Waals surface area (Å²) >= 11 is 4.00. The minimum absolute atomic E-state index is 0.128. The number of phenols is 1. The summed E-state index contributed by atoms with van der Waals surface area (Å²) < 4.78 is 12.7. The highest BCUT2D eigenvalue weighted by molar-refractivity contribution is 14.1. The summed E-state index contributed by atoms with van der Waals surface area (Å²) in [4.78, 5) is 36.9. The molecule has 0 unspecified atom stereocenters. The third-order valence-corrected chi connectivity index (χ3v) is 7.03. The molecule has 0 saturated heterocycles. The highest BCUT2D eigenvalue weighted by atomic mass is 127. The number of aromatic hydroxyl groups is 1. The number of Topliss-reactive ketones (excluding diaryl/α,β-unsaturated/α-hetero) is 1. The molecule has 0 atom stereocenters. The number of carbonyl (C=O) groups is 3. The number of halogens is 2. The molecular formula is C26H26I2O6. The number of unbranched alkanes of at least 4 members (excludes halogenated alkanes) is 2. The third kappa shape index (κ3) is 6.59. The number of hydrogen-bond acceptors (Lipinski definition) is 6. The zero-order chi connectivity index (χ0) is 24.8. The van der Waals surface area contributed by atoms with Crippen molar-refractivity contribution in [2.24, 2.45) is 0 Å². The van der Waals surface area contributed by atoms with Gasteiger partial charge in [-0.05, 0) is 95.6 Å². The maximum Gasteiger partial charge on any atom is 0.311 e. The van der Waals surface area contributed by atoms with Gasteiger partial charge in [0.25, 0.3) is 0 Å². The average Bonchev–Trinajstić information content (AvgIpc) is 3.15. The number of aryl methyl sites for hydroxylation is 1. The molecule has 0 saturated carbocycles. The van der Waals surface area contributed by atoms with E-state index in [-0.39, 0.29) is 23.3 Å². The normalized spacial score (nSPS) is 11.1. The number of phenolic OH excluding ortho intramolecular Hbond substituents is 1. The Kier molecular flexibility index (Phi) is 9.52. The van der Waals surface area contributed by atoms with Crippen molar-refractivity contribution in [3.8, 4) is 11.5 Å². The van der Waals surface area contributed by atoms with Crippen LogP contribution in [0.3, 0.4) is 0 Å². The van der Waals surface area contributed by atoms with Gasteiger partial charge in [0.2, 0.25) is 0 Å². The fraction of sp³-hybridized carbons (Fsp3) is 0.346. The van der Waals surface area contributed by atoms with Gasteiger partial charge in [-0.3, -0.25) is 9.59 Å². The Morgan fingerprint density at radius 1 is 1.00 bits per heavy atom. The van der Waals surface area contributed by atoms with Crippen LogP contribution in [0, 0.1) is 7.14 Å². The SMILES string of the molecule is CCCCC(=O)Oc1ccc2c(C(=O)c3cc(I)c(O)c(I)c3)c(CCCCC(C)=O)oc2c1. The molecule has 180 valence electrons. The summed E-state index contributed by atoms with van der Waals surface area (Å²) in [6.45, 7) is 3.57. The van der Waals surface area contributed by atoms with Crippen molar-refractivity contribution in [1.29, 1.82) is 0 Å². The van der Waals surface area contributed by atoms with E-state index in [0.29, 0.717) is 72.9 Å². The molecule has 3 aromatic rings. The van der Waals surface area contributed by atoms with Crippen LogP contribution >= 0.6 is 45.2 Å². The van der Waals surface area contributed by atoms with Crippen LogP contribution in [0.25, 0.3) is 11.0 Å². The van der Waals surface area contributed by atoms with Crippen molar-refractivity contribution in [1.82, 2.24) is 0 Å². The predicted octanol–water partition coefficient (Wildman–Crippen LogP) is 6.98. The number of ketones is 2. The van der Waals surface area contributed by atoms with Crippen LogP contribution < -0.4 is 4.74 Å². The number of furan rings is 1. The first-order valence-electron chi connectivity index (χ1n) is 11.2. The van der Waals surface area contributed by atoms with E-state index in [1.807, 2.05) is 52.1 Å². The summed E-state index contributed by atoms with van der Waals surface area (Å²) in [6, 6.07) is 8.36. The molecule has 0 aliphatic heterocycles. The zero-order valence-electron chi connectivity index (χ0n) is 19.1. The molecule has 34 heavy (non-hydrogen) atoms. The molecule has 0 radical (unpaired) electrons. The van der Waals surface area contributed by atoms with Gasteiger partial charge in [-0.15, -0.1) is 0 Å². The lowest BCUT2D eigenvalue weighted by molar-refractivity contribution is -0.134. The Hall–Kier alpha value is -1.95. The number of esters is 1. The fourth-order valence-electron chi connectivity index (χ4n) is 3.62. The number of hydrogen-bond donors (Lipinski definition) is 1. The quantitative estimate of drug-likeness (QED) is 0.0769. The first kappa shape index (κ1) is 26.7. The van der Waals surface area contributed by atoms with Crippen LogP contribution in [0.2, 0.25) is 0 Å². The Morgan fingerprint density at radius 2 is 1.71 bits per heavy atom. The summed E-state index contributed by atoms with van der Waals surface area (Å²) in [5.41, 5.74) is 1.38. The first-order chi connectivity index (χ1) is 16.2. The summed E-state index contributed by atoms with van der Waals surface area (Å²) in [6.07, 6.45) is 4.39.